The minimum Gasteiger partial charge on any atom is -0.465 e. The lowest BCUT2D eigenvalue weighted by atomic mass is 9.79. The molecular weight excluding hydrogens is 609 g/mol. The summed E-state index contributed by atoms with van der Waals surface area (Å²) in [7, 11) is 0.637. The summed E-state index contributed by atoms with van der Waals surface area (Å²) in [6.45, 7) is 17.9. The van der Waals surface area contributed by atoms with E-state index in [-0.39, 0.29) is 29.7 Å². The maximum absolute atomic E-state index is 13.6. The van der Waals surface area contributed by atoms with E-state index in [1.807, 2.05) is 27.7 Å². The third-order valence-electron chi connectivity index (χ3n) is 7.38. The Hall–Kier alpha value is -4.50. The highest BCUT2D eigenvalue weighted by Crippen LogP contribution is 2.38. The molecule has 1 fully saturated rings. The monoisotopic (exact) mass is 651 g/mol. The first-order valence-corrected chi connectivity index (χ1v) is 15.1. The van der Waals surface area contributed by atoms with Crippen LogP contribution in [0.25, 0.3) is 22.9 Å². The van der Waals surface area contributed by atoms with Gasteiger partial charge < -0.3 is 33.2 Å². The first-order valence-electron chi connectivity index (χ1n) is 15.1. The Morgan fingerprint density at radius 2 is 1.38 bits per heavy atom. The Morgan fingerprint density at radius 3 is 1.87 bits per heavy atom. The molecule has 0 saturated carbocycles. The average Bonchev–Trinajstić information content (AvgIpc) is 3.49. The molecule has 252 valence electrons. The third kappa shape index (κ3) is 8.27. The predicted octanol–water partition coefficient (Wildman–Crippen LogP) is 5.88. The van der Waals surface area contributed by atoms with E-state index in [1.54, 1.807) is 71.9 Å². The van der Waals surface area contributed by atoms with Crippen LogP contribution in [-0.4, -0.2) is 80.0 Å². The van der Waals surface area contributed by atoms with Crippen molar-refractivity contribution >= 4 is 36.7 Å². The lowest BCUT2D eigenvalue weighted by Crippen LogP contribution is -2.45. The van der Waals surface area contributed by atoms with Gasteiger partial charge >= 0.3 is 25.4 Å². The van der Waals surface area contributed by atoms with Gasteiger partial charge in [-0.05, 0) is 93.0 Å². The molecule has 3 amide bonds. The maximum atomic E-state index is 13.6. The quantitative estimate of drug-likeness (QED) is 0.315. The van der Waals surface area contributed by atoms with E-state index in [4.69, 9.17) is 23.2 Å². The van der Waals surface area contributed by atoms with Crippen LogP contribution in [-0.2, 0) is 25.3 Å². The fourth-order valence-electron chi connectivity index (χ4n) is 4.32. The number of rotatable bonds is 6. The van der Waals surface area contributed by atoms with Gasteiger partial charge in [-0.2, -0.15) is 4.90 Å². The molecule has 1 aromatic carbocycles. The fourth-order valence-corrected chi connectivity index (χ4v) is 4.32. The molecule has 0 aliphatic carbocycles. The van der Waals surface area contributed by atoms with Gasteiger partial charge in [0.05, 0.1) is 16.8 Å². The summed E-state index contributed by atoms with van der Waals surface area (Å²) in [5.41, 5.74) is -1.32. The number of hydrogen-bond acceptors (Lipinski definition) is 11. The summed E-state index contributed by atoms with van der Waals surface area (Å²) in [5, 5.41) is 17.6. The number of carboxylic acid groups (broad SMARTS) is 1. The number of nitrogens with zero attached hydrogens (tertiary/aromatic N) is 5. The number of carbonyl (C=O) groups is 3. The van der Waals surface area contributed by atoms with Crippen LogP contribution in [0.2, 0.25) is 0 Å². The topological polar surface area (TPSA) is 167 Å². The molecule has 0 radical (unpaired) electrons. The fraction of sp³-hybridized carbons (Fsp3) is 0.500. The molecule has 15 heteroatoms. The second kappa shape index (κ2) is 12.6. The number of imide groups is 1. The van der Waals surface area contributed by atoms with Crippen molar-refractivity contribution in [3.63, 3.8) is 0 Å². The highest BCUT2D eigenvalue weighted by molar-refractivity contribution is 6.62. The summed E-state index contributed by atoms with van der Waals surface area (Å²) in [5.74, 6) is -0.102. The summed E-state index contributed by atoms with van der Waals surface area (Å²) in [6, 6.07) is 8.54. The van der Waals surface area contributed by atoms with E-state index in [0.717, 1.165) is 10.5 Å². The van der Waals surface area contributed by atoms with Crippen molar-refractivity contribution in [1.82, 2.24) is 20.1 Å². The van der Waals surface area contributed by atoms with E-state index < -0.39 is 47.8 Å². The number of carbonyl (C=O) groups excluding carboxylic acids is 2. The highest BCUT2D eigenvalue weighted by atomic mass is 16.7. The zero-order valence-electron chi connectivity index (χ0n) is 28.7. The van der Waals surface area contributed by atoms with Crippen molar-refractivity contribution in [3.8, 4) is 22.9 Å². The van der Waals surface area contributed by atoms with Crippen molar-refractivity contribution in [2.24, 2.45) is 0 Å². The van der Waals surface area contributed by atoms with Crippen LogP contribution in [0.5, 0.6) is 0 Å². The molecule has 3 heterocycles. The standard InChI is InChI=1S/C32H42BN5O9/c1-29(2,3)44-27(41)38(28(42)45-30(4,5)6)23-22(16-21(17-34-23)33-46-31(7,8)32(9,10)47-33)25-36-35-24(43-25)20-14-12-19(13-15-20)18-37(11)26(39)40/h12-17H,18H2,1-11H3,(H,39,40). The van der Waals surface area contributed by atoms with Crippen LogP contribution in [0.4, 0.5) is 20.2 Å². The van der Waals surface area contributed by atoms with Gasteiger partial charge in [0.2, 0.25) is 5.89 Å². The highest BCUT2D eigenvalue weighted by Gasteiger charge is 2.52. The third-order valence-corrected chi connectivity index (χ3v) is 7.38. The Morgan fingerprint density at radius 1 is 0.872 bits per heavy atom. The average molecular weight is 652 g/mol. The number of anilines is 1. The van der Waals surface area contributed by atoms with Crippen molar-refractivity contribution in [1.29, 1.82) is 0 Å². The SMILES string of the molecule is CN(Cc1ccc(-c2nnc(-c3cc(B4OC(C)(C)C(C)(C)O4)cnc3N(C(=O)OC(C)(C)C)C(=O)OC(C)(C)C)o2)cc1)C(=O)O. The zero-order valence-corrected chi connectivity index (χ0v) is 28.7. The molecule has 0 atom stereocenters. The van der Waals surface area contributed by atoms with Crippen molar-refractivity contribution in [2.75, 3.05) is 11.9 Å². The van der Waals surface area contributed by atoms with Crippen LogP contribution < -0.4 is 10.4 Å². The molecule has 0 spiro atoms. The minimum absolute atomic E-state index is 0.0623. The number of aromatic nitrogens is 3. The van der Waals surface area contributed by atoms with Gasteiger partial charge in [-0.15, -0.1) is 10.2 Å². The Labute approximate surface area is 274 Å². The molecule has 1 N–H and O–H groups in total. The van der Waals surface area contributed by atoms with Gasteiger partial charge in [0.25, 0.3) is 5.89 Å². The van der Waals surface area contributed by atoms with Crippen molar-refractivity contribution in [2.45, 2.75) is 98.2 Å². The van der Waals surface area contributed by atoms with E-state index in [9.17, 15) is 19.5 Å². The maximum Gasteiger partial charge on any atom is 0.496 e. The molecular formula is C32H42BN5O9. The van der Waals surface area contributed by atoms with E-state index in [2.05, 4.69) is 15.2 Å². The van der Waals surface area contributed by atoms with E-state index in [0.29, 0.717) is 15.9 Å². The molecule has 1 saturated heterocycles. The van der Waals surface area contributed by atoms with Crippen LogP contribution >= 0.6 is 0 Å². The normalized spacial score (nSPS) is 15.7. The van der Waals surface area contributed by atoms with Crippen molar-refractivity contribution < 1.29 is 42.7 Å². The summed E-state index contributed by atoms with van der Waals surface area (Å²) >= 11 is 0. The predicted molar refractivity (Wildman–Crippen MR) is 173 cm³/mol. The van der Waals surface area contributed by atoms with Gasteiger partial charge in [-0.3, -0.25) is 0 Å². The summed E-state index contributed by atoms with van der Waals surface area (Å²) in [6.07, 6.45) is -1.65. The Bertz CT molecular complexity index is 1600. The van der Waals surface area contributed by atoms with Gasteiger partial charge in [-0.25, -0.2) is 19.4 Å². The summed E-state index contributed by atoms with van der Waals surface area (Å²) < 4.78 is 29.7. The molecule has 1 aliphatic rings. The van der Waals surface area contributed by atoms with Gasteiger partial charge in [0.15, 0.2) is 5.82 Å². The molecule has 0 bridgehead atoms. The molecule has 3 aromatic rings. The molecule has 1 aliphatic heterocycles. The van der Waals surface area contributed by atoms with Crippen LogP contribution in [0, 0.1) is 0 Å². The molecule has 47 heavy (non-hydrogen) atoms. The Kier molecular flexibility index (Phi) is 9.48. The van der Waals surface area contributed by atoms with E-state index in [1.165, 1.54) is 13.2 Å². The second-order valence-electron chi connectivity index (χ2n) is 14.3. The molecule has 4 rings (SSSR count). The first-order chi connectivity index (χ1) is 21.6. The van der Waals surface area contributed by atoms with E-state index >= 15 is 0 Å². The van der Waals surface area contributed by atoms with Gasteiger partial charge in [-0.1, -0.05) is 12.1 Å². The number of ether oxygens (including phenoxy) is 2. The number of pyridine rings is 1. The zero-order chi connectivity index (χ0) is 35.1. The molecule has 2 aromatic heterocycles. The lowest BCUT2D eigenvalue weighted by Gasteiger charge is -2.32. The van der Waals surface area contributed by atoms with Gasteiger partial charge in [0.1, 0.15) is 11.2 Å². The first kappa shape index (κ1) is 35.4. The van der Waals surface area contributed by atoms with Crippen LogP contribution in [0.3, 0.4) is 0 Å². The second-order valence-corrected chi connectivity index (χ2v) is 14.3. The largest absolute Gasteiger partial charge is 0.496 e. The summed E-state index contributed by atoms with van der Waals surface area (Å²) in [4.78, 5) is 44.7. The number of amides is 3. The Balaban J connectivity index is 1.82. The lowest BCUT2D eigenvalue weighted by molar-refractivity contribution is 0.00578. The number of benzene rings is 1. The minimum atomic E-state index is -1.05. The van der Waals surface area contributed by atoms with Crippen molar-refractivity contribution in [3.05, 3.63) is 42.1 Å². The molecule has 0 unspecified atom stereocenters. The number of hydrogen-bond donors (Lipinski definition) is 1. The smallest absolute Gasteiger partial charge is 0.465 e. The van der Waals surface area contributed by atoms with Gasteiger partial charge in [0, 0.05) is 30.8 Å². The molecule has 14 nitrogen and oxygen atoms in total. The van der Waals surface area contributed by atoms with Crippen LogP contribution in [0.1, 0.15) is 74.8 Å². The van der Waals surface area contributed by atoms with Crippen LogP contribution in [0.15, 0.2) is 40.9 Å².